The lowest BCUT2D eigenvalue weighted by Gasteiger charge is -2.16. The van der Waals surface area contributed by atoms with Gasteiger partial charge in [0.2, 0.25) is 15.9 Å². The van der Waals surface area contributed by atoms with Crippen molar-refractivity contribution in [2.45, 2.75) is 53.8 Å². The van der Waals surface area contributed by atoms with Crippen molar-refractivity contribution >= 4 is 33.4 Å². The lowest BCUT2D eigenvalue weighted by Crippen LogP contribution is -2.27. The Bertz CT molecular complexity index is 1270. The number of thioether (sulfide) groups is 1. The fraction of sp³-hybridized carbons (Fsp3) is 0.375. The zero-order valence-corrected chi connectivity index (χ0v) is 20.6. The standard InChI is InChI=1S/C24H27N5O3S2/c1-17(33-24-27-26-22(18-9-10-18)29(24)20-7-3-2-4-8-20)23(30)25-19-11-13-21(14-12-19)34(31,32)28-15-5-6-16-28/h2-4,7-8,11-14,17-18H,5-6,9-10,15-16H2,1H3,(H,25,30)/t17-/m1/s1. The van der Waals surface area contributed by atoms with Crippen LogP contribution in [0.3, 0.4) is 0 Å². The lowest BCUT2D eigenvalue weighted by atomic mass is 10.3. The van der Waals surface area contributed by atoms with Gasteiger partial charge in [-0.05, 0) is 69.0 Å². The Labute approximate surface area is 203 Å². The van der Waals surface area contributed by atoms with E-state index in [1.165, 1.54) is 16.1 Å². The van der Waals surface area contributed by atoms with Crippen LogP contribution in [0.4, 0.5) is 5.69 Å². The van der Waals surface area contributed by atoms with E-state index >= 15 is 0 Å². The van der Waals surface area contributed by atoms with Crippen LogP contribution in [-0.4, -0.2) is 51.7 Å². The number of nitrogens with zero attached hydrogens (tertiary/aromatic N) is 4. The van der Waals surface area contributed by atoms with Crippen LogP contribution in [0.15, 0.2) is 64.6 Å². The van der Waals surface area contributed by atoms with Crippen molar-refractivity contribution in [2.24, 2.45) is 0 Å². The van der Waals surface area contributed by atoms with Gasteiger partial charge < -0.3 is 5.32 Å². The van der Waals surface area contributed by atoms with Gasteiger partial charge in [0.25, 0.3) is 0 Å². The number of amides is 1. The quantitative estimate of drug-likeness (QED) is 0.472. The number of rotatable bonds is 8. The van der Waals surface area contributed by atoms with E-state index in [1.807, 2.05) is 41.8 Å². The average molecular weight is 498 g/mol. The molecule has 178 valence electrons. The summed E-state index contributed by atoms with van der Waals surface area (Å²) in [5.74, 6) is 1.17. The smallest absolute Gasteiger partial charge is 0.243 e. The Morgan fingerprint density at radius 1 is 1.03 bits per heavy atom. The molecule has 1 aliphatic carbocycles. The number of hydrogen-bond donors (Lipinski definition) is 1. The van der Waals surface area contributed by atoms with E-state index in [9.17, 15) is 13.2 Å². The summed E-state index contributed by atoms with van der Waals surface area (Å²) in [6.45, 7) is 2.95. The molecule has 1 saturated carbocycles. The summed E-state index contributed by atoms with van der Waals surface area (Å²) in [5.41, 5.74) is 1.54. The fourth-order valence-electron chi connectivity index (χ4n) is 4.03. The van der Waals surface area contributed by atoms with Gasteiger partial charge in [-0.15, -0.1) is 10.2 Å². The molecule has 1 atom stereocenters. The SMILES string of the molecule is C[C@@H](Sc1nnc(C2CC2)n1-c1ccccc1)C(=O)Nc1ccc(S(=O)(=O)N2CCCC2)cc1. The van der Waals surface area contributed by atoms with Gasteiger partial charge in [0.05, 0.1) is 10.1 Å². The monoisotopic (exact) mass is 497 g/mol. The molecule has 3 aromatic rings. The number of benzene rings is 2. The minimum Gasteiger partial charge on any atom is -0.325 e. The van der Waals surface area contributed by atoms with Crippen molar-refractivity contribution in [3.8, 4) is 5.69 Å². The van der Waals surface area contributed by atoms with Crippen molar-refractivity contribution in [1.29, 1.82) is 0 Å². The molecule has 5 rings (SSSR count). The molecule has 0 spiro atoms. The van der Waals surface area contributed by atoms with E-state index in [2.05, 4.69) is 15.5 Å². The van der Waals surface area contributed by atoms with Crippen LogP contribution in [0.25, 0.3) is 5.69 Å². The number of carbonyl (C=O) groups is 1. The number of hydrogen-bond acceptors (Lipinski definition) is 6. The fourth-order valence-corrected chi connectivity index (χ4v) is 6.42. The van der Waals surface area contributed by atoms with E-state index in [0.29, 0.717) is 29.9 Å². The van der Waals surface area contributed by atoms with E-state index < -0.39 is 15.3 Å². The van der Waals surface area contributed by atoms with Gasteiger partial charge in [0.1, 0.15) is 5.82 Å². The molecule has 10 heteroatoms. The van der Waals surface area contributed by atoms with Crippen LogP contribution < -0.4 is 5.32 Å². The lowest BCUT2D eigenvalue weighted by molar-refractivity contribution is -0.115. The third-order valence-corrected chi connectivity index (χ3v) is 9.05. The van der Waals surface area contributed by atoms with Crippen LogP contribution in [0.5, 0.6) is 0 Å². The van der Waals surface area contributed by atoms with Gasteiger partial charge >= 0.3 is 0 Å². The van der Waals surface area contributed by atoms with Gasteiger partial charge in [0, 0.05) is 30.4 Å². The summed E-state index contributed by atoms with van der Waals surface area (Å²) < 4.78 is 29.0. The van der Waals surface area contributed by atoms with Crippen LogP contribution >= 0.6 is 11.8 Å². The predicted octanol–water partition coefficient (Wildman–Crippen LogP) is 4.05. The maximum atomic E-state index is 12.9. The molecular formula is C24H27N5O3S2. The minimum atomic E-state index is -3.47. The van der Waals surface area contributed by atoms with E-state index in [1.54, 1.807) is 24.3 Å². The number of sulfonamides is 1. The van der Waals surface area contributed by atoms with E-state index in [4.69, 9.17) is 0 Å². The van der Waals surface area contributed by atoms with Crippen molar-refractivity contribution in [2.75, 3.05) is 18.4 Å². The van der Waals surface area contributed by atoms with E-state index in [0.717, 1.165) is 37.2 Å². The molecule has 2 aromatic carbocycles. The molecule has 2 aliphatic rings. The molecule has 1 aromatic heterocycles. The summed E-state index contributed by atoms with van der Waals surface area (Å²) in [6, 6.07) is 16.3. The number of para-hydroxylation sites is 1. The Kier molecular flexibility index (Phi) is 6.46. The molecular weight excluding hydrogens is 470 g/mol. The van der Waals surface area contributed by atoms with Crippen LogP contribution in [0.2, 0.25) is 0 Å². The Morgan fingerprint density at radius 2 is 1.71 bits per heavy atom. The summed E-state index contributed by atoms with van der Waals surface area (Å²) in [5, 5.41) is 11.9. The topological polar surface area (TPSA) is 97.2 Å². The molecule has 0 radical (unpaired) electrons. The van der Waals surface area contributed by atoms with Crippen molar-refractivity contribution < 1.29 is 13.2 Å². The molecule has 1 amide bonds. The molecule has 34 heavy (non-hydrogen) atoms. The second kappa shape index (κ2) is 9.52. The third-order valence-electron chi connectivity index (χ3n) is 6.09. The largest absolute Gasteiger partial charge is 0.325 e. The maximum absolute atomic E-state index is 12.9. The Hall–Kier alpha value is -2.69. The highest BCUT2D eigenvalue weighted by Gasteiger charge is 2.32. The molecule has 2 fully saturated rings. The van der Waals surface area contributed by atoms with Gasteiger partial charge in [-0.1, -0.05) is 30.0 Å². The highest BCUT2D eigenvalue weighted by Crippen LogP contribution is 2.41. The van der Waals surface area contributed by atoms with Crippen molar-refractivity contribution in [3.05, 3.63) is 60.4 Å². The zero-order chi connectivity index (χ0) is 23.7. The Balaban J connectivity index is 1.28. The molecule has 8 nitrogen and oxygen atoms in total. The molecule has 1 N–H and O–H groups in total. The first-order chi connectivity index (χ1) is 16.4. The molecule has 0 bridgehead atoms. The highest BCUT2D eigenvalue weighted by molar-refractivity contribution is 8.00. The molecule has 2 heterocycles. The maximum Gasteiger partial charge on any atom is 0.243 e. The average Bonchev–Trinajstić information content (AvgIpc) is 3.36. The Morgan fingerprint density at radius 3 is 2.35 bits per heavy atom. The van der Waals surface area contributed by atoms with E-state index in [-0.39, 0.29) is 10.8 Å². The number of carbonyl (C=O) groups excluding carboxylic acids is 1. The van der Waals surface area contributed by atoms with Crippen molar-refractivity contribution in [3.63, 3.8) is 0 Å². The summed E-state index contributed by atoms with van der Waals surface area (Å²) in [6.07, 6.45) is 4.00. The molecule has 1 aliphatic heterocycles. The number of anilines is 1. The second-order valence-electron chi connectivity index (χ2n) is 8.67. The zero-order valence-electron chi connectivity index (χ0n) is 18.9. The second-order valence-corrected chi connectivity index (χ2v) is 11.9. The van der Waals surface area contributed by atoms with Crippen LogP contribution in [0, 0.1) is 0 Å². The first kappa shape index (κ1) is 23.1. The van der Waals surface area contributed by atoms with Gasteiger partial charge in [0.15, 0.2) is 5.16 Å². The first-order valence-electron chi connectivity index (χ1n) is 11.5. The number of nitrogens with one attached hydrogen (secondary N) is 1. The summed E-state index contributed by atoms with van der Waals surface area (Å²) in [7, 11) is -3.47. The normalized spacial score (nSPS) is 17.6. The summed E-state index contributed by atoms with van der Waals surface area (Å²) in [4.78, 5) is 13.1. The molecule has 0 unspecified atom stereocenters. The van der Waals surface area contributed by atoms with Crippen molar-refractivity contribution in [1.82, 2.24) is 19.1 Å². The summed E-state index contributed by atoms with van der Waals surface area (Å²) >= 11 is 1.36. The number of aromatic nitrogens is 3. The van der Waals surface area contributed by atoms with Crippen LogP contribution in [-0.2, 0) is 14.8 Å². The first-order valence-corrected chi connectivity index (χ1v) is 13.8. The predicted molar refractivity (Wildman–Crippen MR) is 132 cm³/mol. The minimum absolute atomic E-state index is 0.185. The molecule has 1 saturated heterocycles. The van der Waals surface area contributed by atoms with Gasteiger partial charge in [-0.3, -0.25) is 9.36 Å². The van der Waals surface area contributed by atoms with Crippen LogP contribution in [0.1, 0.15) is 44.3 Å². The van der Waals surface area contributed by atoms with Gasteiger partial charge in [-0.2, -0.15) is 4.31 Å². The third kappa shape index (κ3) is 4.75. The van der Waals surface area contributed by atoms with Gasteiger partial charge in [-0.25, -0.2) is 8.42 Å². The highest BCUT2D eigenvalue weighted by atomic mass is 32.2.